The summed E-state index contributed by atoms with van der Waals surface area (Å²) in [7, 11) is 0. The summed E-state index contributed by atoms with van der Waals surface area (Å²) in [5.74, 6) is 0.147. The molecule has 2 aliphatic rings. The van der Waals surface area contributed by atoms with Crippen molar-refractivity contribution < 1.29 is 9.90 Å². The highest BCUT2D eigenvalue weighted by Gasteiger charge is 2.28. The monoisotopic (exact) mass is 246 g/mol. The summed E-state index contributed by atoms with van der Waals surface area (Å²) < 4.78 is 0. The van der Waals surface area contributed by atoms with Crippen molar-refractivity contribution in [3.05, 3.63) is 29.8 Å². The predicted molar refractivity (Wildman–Crippen MR) is 69.6 cm³/mol. The minimum Gasteiger partial charge on any atom is -0.392 e. The first-order valence-electron chi connectivity index (χ1n) is 6.53. The Balaban J connectivity index is 1.67. The van der Waals surface area contributed by atoms with E-state index in [2.05, 4.69) is 6.07 Å². The van der Waals surface area contributed by atoms with Crippen molar-refractivity contribution in [2.24, 2.45) is 0 Å². The van der Waals surface area contributed by atoms with Gasteiger partial charge in [-0.2, -0.15) is 0 Å². The quantitative estimate of drug-likeness (QED) is 0.833. The molecule has 1 aromatic rings. The lowest BCUT2D eigenvalue weighted by atomic mass is 10.2. The van der Waals surface area contributed by atoms with E-state index in [-0.39, 0.29) is 12.0 Å². The summed E-state index contributed by atoms with van der Waals surface area (Å²) in [6.07, 6.45) is 1.47. The van der Waals surface area contributed by atoms with Crippen molar-refractivity contribution in [1.29, 1.82) is 0 Å². The van der Waals surface area contributed by atoms with E-state index >= 15 is 0 Å². The molecule has 1 saturated heterocycles. The van der Waals surface area contributed by atoms with E-state index in [1.54, 1.807) is 0 Å². The van der Waals surface area contributed by atoms with Gasteiger partial charge >= 0.3 is 0 Å². The molecule has 1 unspecified atom stereocenters. The smallest absolute Gasteiger partial charge is 0.241 e. The van der Waals surface area contributed by atoms with Gasteiger partial charge in [0.2, 0.25) is 5.91 Å². The summed E-state index contributed by atoms with van der Waals surface area (Å²) in [6.45, 7) is 2.66. The molecule has 18 heavy (non-hydrogen) atoms. The number of aliphatic hydroxyl groups is 1. The number of carbonyl (C=O) groups excluding carboxylic acids is 1. The van der Waals surface area contributed by atoms with E-state index in [1.165, 1.54) is 5.56 Å². The second-order valence-electron chi connectivity index (χ2n) is 5.10. The molecular formula is C14H18N2O2. The molecule has 1 atom stereocenters. The molecular weight excluding hydrogens is 228 g/mol. The molecule has 1 amide bonds. The minimum absolute atomic E-state index is 0.147. The molecule has 0 bridgehead atoms. The van der Waals surface area contributed by atoms with Gasteiger partial charge in [-0.1, -0.05) is 18.2 Å². The second kappa shape index (κ2) is 4.71. The number of hydrogen-bond acceptors (Lipinski definition) is 3. The molecule has 2 aliphatic heterocycles. The predicted octanol–water partition coefficient (Wildman–Crippen LogP) is 0.642. The van der Waals surface area contributed by atoms with E-state index in [0.717, 1.165) is 31.6 Å². The number of benzene rings is 1. The third-order valence-corrected chi connectivity index (χ3v) is 3.79. The lowest BCUT2D eigenvalue weighted by molar-refractivity contribution is -0.119. The van der Waals surface area contributed by atoms with Gasteiger partial charge in [0.25, 0.3) is 0 Å². The first-order chi connectivity index (χ1) is 8.74. The highest BCUT2D eigenvalue weighted by Crippen LogP contribution is 2.27. The summed E-state index contributed by atoms with van der Waals surface area (Å²) >= 11 is 0. The van der Waals surface area contributed by atoms with E-state index in [0.29, 0.717) is 13.1 Å². The van der Waals surface area contributed by atoms with Crippen LogP contribution in [0, 0.1) is 0 Å². The van der Waals surface area contributed by atoms with Crippen LogP contribution in [0.3, 0.4) is 0 Å². The zero-order valence-electron chi connectivity index (χ0n) is 10.4. The summed E-state index contributed by atoms with van der Waals surface area (Å²) in [6, 6.07) is 8.09. The van der Waals surface area contributed by atoms with Crippen molar-refractivity contribution in [3.63, 3.8) is 0 Å². The van der Waals surface area contributed by atoms with Gasteiger partial charge in [0.05, 0.1) is 12.6 Å². The number of β-amino-alcohol motifs (C(OH)–C–C–N with tert-alkyl or cyclic N) is 1. The van der Waals surface area contributed by atoms with Crippen LogP contribution in [0.25, 0.3) is 0 Å². The first-order valence-corrected chi connectivity index (χ1v) is 6.53. The maximum Gasteiger partial charge on any atom is 0.241 e. The molecule has 0 spiro atoms. The standard InChI is InChI=1S/C14H18N2O2/c17-12-6-7-15(9-12)10-14(18)16-8-5-11-3-1-2-4-13(11)16/h1-4,12,17H,5-10H2. The molecule has 1 fully saturated rings. The highest BCUT2D eigenvalue weighted by atomic mass is 16.3. The Morgan fingerprint density at radius 3 is 2.94 bits per heavy atom. The molecule has 0 radical (unpaired) electrons. The zero-order valence-corrected chi connectivity index (χ0v) is 10.4. The van der Waals surface area contributed by atoms with E-state index < -0.39 is 0 Å². The van der Waals surface area contributed by atoms with Gasteiger partial charge in [0.15, 0.2) is 0 Å². The van der Waals surface area contributed by atoms with E-state index in [4.69, 9.17) is 0 Å². The van der Waals surface area contributed by atoms with Gasteiger partial charge in [-0.05, 0) is 24.5 Å². The number of likely N-dealkylation sites (tertiary alicyclic amines) is 1. The van der Waals surface area contributed by atoms with Crippen molar-refractivity contribution in [2.75, 3.05) is 31.1 Å². The SMILES string of the molecule is O=C(CN1CCC(O)C1)N1CCc2ccccc21. The number of amides is 1. The van der Waals surface area contributed by atoms with Crippen molar-refractivity contribution in [3.8, 4) is 0 Å². The number of anilines is 1. The number of rotatable bonds is 2. The molecule has 96 valence electrons. The van der Waals surface area contributed by atoms with Crippen LogP contribution in [0.15, 0.2) is 24.3 Å². The summed E-state index contributed by atoms with van der Waals surface area (Å²) in [4.78, 5) is 16.2. The Morgan fingerprint density at radius 1 is 1.33 bits per heavy atom. The van der Waals surface area contributed by atoms with Gasteiger partial charge in [-0.25, -0.2) is 0 Å². The number of carbonyl (C=O) groups is 1. The van der Waals surface area contributed by atoms with Crippen LogP contribution in [0.1, 0.15) is 12.0 Å². The normalized spacial score (nSPS) is 23.4. The average molecular weight is 246 g/mol. The molecule has 2 heterocycles. The molecule has 0 saturated carbocycles. The second-order valence-corrected chi connectivity index (χ2v) is 5.10. The molecule has 1 aromatic carbocycles. The fourth-order valence-corrected chi connectivity index (χ4v) is 2.83. The van der Waals surface area contributed by atoms with Crippen molar-refractivity contribution in [2.45, 2.75) is 18.9 Å². The number of para-hydroxylation sites is 1. The summed E-state index contributed by atoms with van der Waals surface area (Å²) in [5.41, 5.74) is 2.31. The fraction of sp³-hybridized carbons (Fsp3) is 0.500. The Bertz CT molecular complexity index is 461. The number of nitrogens with zero attached hydrogens (tertiary/aromatic N) is 2. The third-order valence-electron chi connectivity index (χ3n) is 3.79. The maximum atomic E-state index is 12.3. The average Bonchev–Trinajstić information content (AvgIpc) is 2.95. The molecule has 1 N–H and O–H groups in total. The lowest BCUT2D eigenvalue weighted by Gasteiger charge is -2.21. The van der Waals surface area contributed by atoms with Gasteiger partial charge in [-0.3, -0.25) is 9.69 Å². The molecule has 3 rings (SSSR count). The van der Waals surface area contributed by atoms with Gasteiger partial charge in [0.1, 0.15) is 0 Å². The van der Waals surface area contributed by atoms with Crippen LogP contribution in [0.4, 0.5) is 5.69 Å². The molecule has 4 nitrogen and oxygen atoms in total. The van der Waals surface area contributed by atoms with Crippen molar-refractivity contribution in [1.82, 2.24) is 4.90 Å². The van der Waals surface area contributed by atoms with Gasteiger partial charge < -0.3 is 10.0 Å². The van der Waals surface area contributed by atoms with Crippen LogP contribution in [0.2, 0.25) is 0 Å². The van der Waals surface area contributed by atoms with Crippen LogP contribution in [0.5, 0.6) is 0 Å². The molecule has 0 aliphatic carbocycles. The van der Waals surface area contributed by atoms with Gasteiger partial charge in [0, 0.05) is 25.3 Å². The number of fused-ring (bicyclic) bond motifs is 1. The lowest BCUT2D eigenvalue weighted by Crippen LogP contribution is -2.39. The topological polar surface area (TPSA) is 43.8 Å². The first kappa shape index (κ1) is 11.7. The third kappa shape index (κ3) is 2.13. The van der Waals surface area contributed by atoms with Crippen molar-refractivity contribution >= 4 is 11.6 Å². The van der Waals surface area contributed by atoms with Crippen LogP contribution < -0.4 is 4.90 Å². The molecule has 0 aromatic heterocycles. The van der Waals surface area contributed by atoms with Gasteiger partial charge in [-0.15, -0.1) is 0 Å². The molecule has 4 heteroatoms. The number of hydrogen-bond donors (Lipinski definition) is 1. The zero-order chi connectivity index (χ0) is 12.5. The number of aliphatic hydroxyl groups excluding tert-OH is 1. The Hall–Kier alpha value is -1.39. The Morgan fingerprint density at radius 2 is 2.17 bits per heavy atom. The van der Waals surface area contributed by atoms with E-state index in [9.17, 15) is 9.90 Å². The van der Waals surface area contributed by atoms with Crippen LogP contribution in [-0.4, -0.2) is 48.2 Å². The maximum absolute atomic E-state index is 12.3. The fourth-order valence-electron chi connectivity index (χ4n) is 2.83. The Labute approximate surface area is 107 Å². The summed E-state index contributed by atoms with van der Waals surface area (Å²) in [5, 5.41) is 9.47. The van der Waals surface area contributed by atoms with Crippen LogP contribution >= 0.6 is 0 Å². The van der Waals surface area contributed by atoms with E-state index in [1.807, 2.05) is 28.0 Å². The van der Waals surface area contributed by atoms with Crippen LogP contribution in [-0.2, 0) is 11.2 Å². The highest BCUT2D eigenvalue weighted by molar-refractivity contribution is 5.96. The largest absolute Gasteiger partial charge is 0.392 e. The Kier molecular flexibility index (Phi) is 3.06. The minimum atomic E-state index is -0.260.